The Morgan fingerprint density at radius 2 is 1.73 bits per heavy atom. The fourth-order valence-electron chi connectivity index (χ4n) is 4.28. The van der Waals surface area contributed by atoms with Crippen molar-refractivity contribution in [3.63, 3.8) is 0 Å². The molecule has 1 aliphatic rings. The number of ether oxygens (including phenoxy) is 3. The topological polar surface area (TPSA) is 111 Å². The Kier molecular flexibility index (Phi) is 8.03. The van der Waals surface area contributed by atoms with Crippen molar-refractivity contribution in [1.82, 2.24) is 0 Å². The van der Waals surface area contributed by atoms with Crippen LogP contribution in [-0.2, 0) is 32.4 Å². The molecule has 0 saturated heterocycles. The molecule has 9 nitrogen and oxygen atoms in total. The van der Waals surface area contributed by atoms with Gasteiger partial charge in [0.1, 0.15) is 23.0 Å². The molecule has 196 valence electrons. The first-order valence-corrected chi connectivity index (χ1v) is 13.9. The summed E-state index contributed by atoms with van der Waals surface area (Å²) in [5.74, 6) is -0.510. The molecule has 0 unspecified atom stereocenters. The molecule has 1 amide bonds. The van der Waals surface area contributed by atoms with Crippen LogP contribution in [0.3, 0.4) is 0 Å². The number of benzene rings is 2. The molecular weight excluding hydrogens is 516 g/mol. The molecule has 2 aromatic carbocycles. The Morgan fingerprint density at radius 1 is 1.00 bits per heavy atom. The number of rotatable bonds is 9. The van der Waals surface area contributed by atoms with E-state index in [0.29, 0.717) is 16.3 Å². The van der Waals surface area contributed by atoms with Gasteiger partial charge in [-0.1, -0.05) is 18.2 Å². The highest BCUT2D eigenvalue weighted by Gasteiger charge is 2.32. The molecule has 0 spiro atoms. The van der Waals surface area contributed by atoms with E-state index >= 15 is 0 Å². The zero-order valence-corrected chi connectivity index (χ0v) is 22.4. The maximum atomic E-state index is 13.7. The van der Waals surface area contributed by atoms with Crippen molar-refractivity contribution in [2.75, 3.05) is 37.5 Å². The summed E-state index contributed by atoms with van der Waals surface area (Å²) in [7, 11) is -0.0143. The number of fused-ring (bicyclic) bond motifs is 1. The number of sulfonamides is 1. The van der Waals surface area contributed by atoms with E-state index in [1.807, 2.05) is 0 Å². The summed E-state index contributed by atoms with van der Waals surface area (Å²) in [6.07, 6.45) is 3.48. The molecule has 4 rings (SSSR count). The van der Waals surface area contributed by atoms with Gasteiger partial charge in [-0.05, 0) is 55.5 Å². The Balaban J connectivity index is 1.74. The maximum Gasteiger partial charge on any atom is 0.341 e. The summed E-state index contributed by atoms with van der Waals surface area (Å²) in [4.78, 5) is 27.0. The Bertz CT molecular complexity index is 1400. The zero-order chi connectivity index (χ0) is 26.6. The summed E-state index contributed by atoms with van der Waals surface area (Å²) < 4.78 is 44.2. The fourth-order valence-corrected chi connectivity index (χ4v) is 7.02. The molecule has 37 heavy (non-hydrogen) atoms. The van der Waals surface area contributed by atoms with Crippen molar-refractivity contribution in [1.29, 1.82) is 0 Å². The third-order valence-electron chi connectivity index (χ3n) is 6.09. The second kappa shape index (κ2) is 11.2. The van der Waals surface area contributed by atoms with Crippen molar-refractivity contribution in [3.05, 3.63) is 64.5 Å². The minimum absolute atomic E-state index is 0.00881. The zero-order valence-electron chi connectivity index (χ0n) is 20.8. The predicted molar refractivity (Wildman–Crippen MR) is 141 cm³/mol. The van der Waals surface area contributed by atoms with Crippen molar-refractivity contribution < 1.29 is 32.2 Å². The number of nitrogens with zero attached hydrogens (tertiary/aromatic N) is 1. The van der Waals surface area contributed by atoms with Gasteiger partial charge in [-0.25, -0.2) is 13.2 Å². The van der Waals surface area contributed by atoms with Gasteiger partial charge in [0.2, 0.25) is 5.91 Å². The van der Waals surface area contributed by atoms with E-state index in [-0.39, 0.29) is 16.3 Å². The molecule has 0 fully saturated rings. The van der Waals surface area contributed by atoms with Crippen LogP contribution in [0, 0.1) is 0 Å². The molecule has 1 N–H and O–H groups in total. The van der Waals surface area contributed by atoms with Crippen LogP contribution >= 0.6 is 11.3 Å². The van der Waals surface area contributed by atoms with E-state index in [4.69, 9.17) is 14.2 Å². The lowest BCUT2D eigenvalue weighted by Gasteiger charge is -2.26. The second-order valence-electron chi connectivity index (χ2n) is 8.32. The van der Waals surface area contributed by atoms with Gasteiger partial charge in [0.05, 0.1) is 37.5 Å². The normalized spacial score (nSPS) is 12.8. The number of nitrogens with one attached hydrogen (secondary N) is 1. The fraction of sp³-hybridized carbons (Fsp3) is 0.308. The average Bonchev–Trinajstić information content (AvgIpc) is 3.28. The van der Waals surface area contributed by atoms with Gasteiger partial charge in [0.15, 0.2) is 0 Å². The minimum Gasteiger partial charge on any atom is -0.497 e. The first kappa shape index (κ1) is 26.5. The number of hydrogen-bond acceptors (Lipinski definition) is 8. The van der Waals surface area contributed by atoms with Crippen molar-refractivity contribution in [2.24, 2.45) is 0 Å². The van der Waals surface area contributed by atoms with Crippen LogP contribution in [0.4, 0.5) is 10.7 Å². The molecule has 3 aromatic rings. The number of thiophene rings is 1. The lowest BCUT2D eigenvalue weighted by molar-refractivity contribution is -0.114. The molecule has 1 aromatic heterocycles. The van der Waals surface area contributed by atoms with Crippen molar-refractivity contribution in [3.8, 4) is 11.5 Å². The number of esters is 1. The highest BCUT2D eigenvalue weighted by atomic mass is 32.2. The molecule has 11 heteroatoms. The standard InChI is InChI=1S/C26H28N2O7S2/c1-33-17-13-14-21(34-2)20(15-17)28(37(31,32)18-9-5-4-6-10-18)16-23(29)27-25-24(26(30)35-3)19-11-7-8-12-22(19)36-25/h4-6,9-10,13-15H,7-8,11-12,16H2,1-3H3,(H,27,29). The second-order valence-corrected chi connectivity index (χ2v) is 11.3. The molecule has 0 bridgehead atoms. The molecule has 0 aliphatic heterocycles. The summed E-state index contributed by atoms with van der Waals surface area (Å²) >= 11 is 1.33. The maximum absolute atomic E-state index is 13.7. The van der Waals surface area contributed by atoms with Crippen LogP contribution in [0.5, 0.6) is 11.5 Å². The minimum atomic E-state index is -4.18. The van der Waals surface area contributed by atoms with E-state index in [1.54, 1.807) is 30.3 Å². The van der Waals surface area contributed by atoms with Crippen LogP contribution in [0.2, 0.25) is 0 Å². The van der Waals surface area contributed by atoms with Crippen molar-refractivity contribution >= 4 is 43.9 Å². The van der Waals surface area contributed by atoms with E-state index in [1.165, 1.54) is 50.9 Å². The van der Waals surface area contributed by atoms with Crippen molar-refractivity contribution in [2.45, 2.75) is 30.6 Å². The van der Waals surface area contributed by atoms with Gasteiger partial charge >= 0.3 is 5.97 Å². The van der Waals surface area contributed by atoms with E-state index < -0.39 is 28.4 Å². The smallest absolute Gasteiger partial charge is 0.341 e. The monoisotopic (exact) mass is 544 g/mol. The number of aryl methyl sites for hydroxylation is 1. The average molecular weight is 545 g/mol. The molecule has 0 saturated carbocycles. The van der Waals surface area contributed by atoms with Gasteiger partial charge < -0.3 is 19.5 Å². The first-order valence-electron chi connectivity index (χ1n) is 11.6. The Hall–Kier alpha value is -3.57. The quantitative estimate of drug-likeness (QED) is 0.401. The van der Waals surface area contributed by atoms with Gasteiger partial charge in [-0.15, -0.1) is 11.3 Å². The molecule has 1 aliphatic carbocycles. The summed E-state index contributed by atoms with van der Waals surface area (Å²) in [5, 5.41) is 3.13. The van der Waals surface area contributed by atoms with Crippen LogP contribution in [0.1, 0.15) is 33.6 Å². The van der Waals surface area contributed by atoms with Crippen LogP contribution < -0.4 is 19.1 Å². The predicted octanol–water partition coefficient (Wildman–Crippen LogP) is 4.26. The van der Waals surface area contributed by atoms with Gasteiger partial charge in [-0.3, -0.25) is 9.10 Å². The molecular formula is C26H28N2O7S2. The molecule has 0 atom stereocenters. The first-order chi connectivity index (χ1) is 17.8. The van der Waals surface area contributed by atoms with Crippen LogP contribution in [0.15, 0.2) is 53.4 Å². The molecule has 1 heterocycles. The Morgan fingerprint density at radius 3 is 2.41 bits per heavy atom. The van der Waals surface area contributed by atoms with Gasteiger partial charge in [-0.2, -0.15) is 0 Å². The third-order valence-corrected chi connectivity index (χ3v) is 9.07. The lowest BCUT2D eigenvalue weighted by atomic mass is 9.95. The highest BCUT2D eigenvalue weighted by molar-refractivity contribution is 7.92. The van der Waals surface area contributed by atoms with E-state index in [9.17, 15) is 18.0 Å². The number of carbonyl (C=O) groups is 2. The van der Waals surface area contributed by atoms with Crippen LogP contribution in [-0.4, -0.2) is 48.2 Å². The number of amides is 1. The summed E-state index contributed by atoms with van der Waals surface area (Å²) in [5.41, 5.74) is 1.37. The summed E-state index contributed by atoms with van der Waals surface area (Å²) in [6.45, 7) is -0.566. The summed E-state index contributed by atoms with van der Waals surface area (Å²) in [6, 6.07) is 12.5. The van der Waals surface area contributed by atoms with Crippen LogP contribution in [0.25, 0.3) is 0 Å². The number of anilines is 2. The van der Waals surface area contributed by atoms with E-state index in [2.05, 4.69) is 5.32 Å². The number of hydrogen-bond donors (Lipinski definition) is 1. The Labute approximate surface area is 220 Å². The number of carbonyl (C=O) groups excluding carboxylic acids is 2. The molecule has 0 radical (unpaired) electrons. The SMILES string of the molecule is COC(=O)c1c(NC(=O)CN(c2cc(OC)ccc2OC)S(=O)(=O)c2ccccc2)sc2c1CCCC2. The third kappa shape index (κ3) is 5.42. The van der Waals surface area contributed by atoms with E-state index in [0.717, 1.165) is 40.4 Å². The highest BCUT2D eigenvalue weighted by Crippen LogP contribution is 2.39. The van der Waals surface area contributed by atoms with Gasteiger partial charge in [0, 0.05) is 10.9 Å². The van der Waals surface area contributed by atoms with Gasteiger partial charge in [0.25, 0.3) is 10.0 Å². The lowest BCUT2D eigenvalue weighted by Crippen LogP contribution is -2.38. The largest absolute Gasteiger partial charge is 0.497 e. The number of methoxy groups -OCH3 is 3.